The van der Waals surface area contributed by atoms with Crippen molar-refractivity contribution in [2.45, 2.75) is 20.0 Å². The van der Waals surface area contributed by atoms with Crippen molar-refractivity contribution in [1.29, 1.82) is 0 Å². The molecule has 3 aromatic rings. The molecule has 0 atom stereocenters. The number of alkyl halides is 3. The summed E-state index contributed by atoms with van der Waals surface area (Å²) in [5.74, 6) is -0.800. The molecule has 3 rings (SSSR count). The summed E-state index contributed by atoms with van der Waals surface area (Å²) >= 11 is 0. The van der Waals surface area contributed by atoms with Crippen LogP contribution in [0.5, 0.6) is 5.88 Å². The average Bonchev–Trinajstić information content (AvgIpc) is 2.70. The van der Waals surface area contributed by atoms with E-state index in [0.29, 0.717) is 16.8 Å². The fourth-order valence-electron chi connectivity index (χ4n) is 2.79. The van der Waals surface area contributed by atoms with Gasteiger partial charge in [-0.1, -0.05) is 0 Å². The minimum atomic E-state index is -4.61. The number of nitrogens with zero attached hydrogens (tertiary/aromatic N) is 2. The van der Waals surface area contributed by atoms with Crippen LogP contribution in [0, 0.1) is 19.7 Å². The number of methoxy groups -OCH3 is 1. The van der Waals surface area contributed by atoms with Crippen molar-refractivity contribution in [3.63, 3.8) is 0 Å². The first-order valence-corrected chi connectivity index (χ1v) is 9.02. The van der Waals surface area contributed by atoms with E-state index in [9.17, 15) is 22.4 Å². The van der Waals surface area contributed by atoms with Crippen LogP contribution in [-0.2, 0) is 6.18 Å². The maximum absolute atomic E-state index is 13.4. The number of aromatic nitrogens is 2. The summed E-state index contributed by atoms with van der Waals surface area (Å²) in [5.41, 5.74) is 0.272. The molecule has 0 saturated heterocycles. The quantitative estimate of drug-likeness (QED) is 0.536. The zero-order valence-corrected chi connectivity index (χ0v) is 16.8. The zero-order valence-electron chi connectivity index (χ0n) is 16.8. The number of anilines is 3. The predicted molar refractivity (Wildman–Crippen MR) is 107 cm³/mol. The second kappa shape index (κ2) is 8.58. The summed E-state index contributed by atoms with van der Waals surface area (Å²) in [6, 6.07) is 8.02. The van der Waals surface area contributed by atoms with E-state index in [0.717, 1.165) is 18.2 Å². The Hall–Kier alpha value is -3.69. The summed E-state index contributed by atoms with van der Waals surface area (Å²) in [5, 5.41) is 13.0. The van der Waals surface area contributed by atoms with Gasteiger partial charge in [0.15, 0.2) is 5.82 Å². The molecule has 0 aliphatic carbocycles. The number of halogens is 4. The lowest BCUT2D eigenvalue weighted by Gasteiger charge is -2.17. The van der Waals surface area contributed by atoms with E-state index in [-0.39, 0.29) is 22.9 Å². The fourth-order valence-corrected chi connectivity index (χ4v) is 2.79. The number of aryl methyl sites for hydroxylation is 2. The Balaban J connectivity index is 1.99. The second-order valence-electron chi connectivity index (χ2n) is 6.71. The maximum atomic E-state index is 13.4. The third-order valence-electron chi connectivity index (χ3n) is 4.45. The molecule has 1 amide bonds. The number of amides is 1. The SMILES string of the molecule is COc1cc(C)c(NC(=O)c2ccc(C(F)(F)F)cc2Nc2ccc(F)cc2C)nn1. The Morgan fingerprint density at radius 3 is 2.32 bits per heavy atom. The van der Waals surface area contributed by atoms with Gasteiger partial charge in [0.2, 0.25) is 5.88 Å². The molecule has 6 nitrogen and oxygen atoms in total. The molecular formula is C21H18F4N4O2. The lowest BCUT2D eigenvalue weighted by atomic mass is 10.1. The molecule has 1 aromatic heterocycles. The molecule has 2 N–H and O–H groups in total. The number of benzene rings is 2. The molecule has 1 heterocycles. The average molecular weight is 434 g/mol. The van der Waals surface area contributed by atoms with Gasteiger partial charge in [-0.2, -0.15) is 13.2 Å². The lowest BCUT2D eigenvalue weighted by molar-refractivity contribution is -0.137. The van der Waals surface area contributed by atoms with E-state index < -0.39 is 23.5 Å². The molecule has 0 aliphatic rings. The monoisotopic (exact) mass is 434 g/mol. The van der Waals surface area contributed by atoms with Gasteiger partial charge in [-0.3, -0.25) is 4.79 Å². The van der Waals surface area contributed by atoms with Gasteiger partial charge in [-0.15, -0.1) is 10.2 Å². The minimum absolute atomic E-state index is 0.0613. The first-order valence-electron chi connectivity index (χ1n) is 9.02. The van der Waals surface area contributed by atoms with Gasteiger partial charge in [-0.25, -0.2) is 4.39 Å². The van der Waals surface area contributed by atoms with Crippen molar-refractivity contribution in [2.24, 2.45) is 0 Å². The van der Waals surface area contributed by atoms with Crippen molar-refractivity contribution in [1.82, 2.24) is 10.2 Å². The molecule has 0 unspecified atom stereocenters. The van der Waals surface area contributed by atoms with E-state index in [2.05, 4.69) is 20.8 Å². The Morgan fingerprint density at radius 1 is 0.968 bits per heavy atom. The van der Waals surface area contributed by atoms with E-state index in [1.807, 2.05) is 0 Å². The molecule has 162 valence electrons. The van der Waals surface area contributed by atoms with Crippen LogP contribution in [0.15, 0.2) is 42.5 Å². The predicted octanol–water partition coefficient (Wildman–Crippen LogP) is 5.26. The van der Waals surface area contributed by atoms with Gasteiger partial charge in [0.1, 0.15) is 5.82 Å². The van der Waals surface area contributed by atoms with Crippen LogP contribution in [0.3, 0.4) is 0 Å². The highest BCUT2D eigenvalue weighted by Crippen LogP contribution is 2.34. The van der Waals surface area contributed by atoms with Crippen LogP contribution in [0.1, 0.15) is 27.0 Å². The lowest BCUT2D eigenvalue weighted by Crippen LogP contribution is -2.17. The fraction of sp³-hybridized carbons (Fsp3) is 0.190. The molecular weight excluding hydrogens is 416 g/mol. The highest BCUT2D eigenvalue weighted by Gasteiger charge is 2.31. The Morgan fingerprint density at radius 2 is 1.71 bits per heavy atom. The van der Waals surface area contributed by atoms with Crippen molar-refractivity contribution in [3.8, 4) is 5.88 Å². The Kier molecular flexibility index (Phi) is 6.09. The van der Waals surface area contributed by atoms with Gasteiger partial charge in [0.05, 0.1) is 23.9 Å². The van der Waals surface area contributed by atoms with Crippen molar-refractivity contribution < 1.29 is 27.1 Å². The number of carbonyl (C=O) groups is 1. The second-order valence-corrected chi connectivity index (χ2v) is 6.71. The van der Waals surface area contributed by atoms with E-state index in [4.69, 9.17) is 4.74 Å². The first-order chi connectivity index (χ1) is 14.6. The van der Waals surface area contributed by atoms with E-state index in [1.54, 1.807) is 19.9 Å². The van der Waals surface area contributed by atoms with Gasteiger partial charge in [-0.05, 0) is 61.4 Å². The number of hydrogen-bond donors (Lipinski definition) is 2. The van der Waals surface area contributed by atoms with E-state index >= 15 is 0 Å². The number of ether oxygens (including phenoxy) is 1. The highest BCUT2D eigenvalue weighted by atomic mass is 19.4. The topological polar surface area (TPSA) is 76.1 Å². The van der Waals surface area contributed by atoms with Crippen molar-refractivity contribution in [2.75, 3.05) is 17.7 Å². The Bertz CT molecular complexity index is 1130. The van der Waals surface area contributed by atoms with Gasteiger partial charge in [0, 0.05) is 11.8 Å². The van der Waals surface area contributed by atoms with Crippen molar-refractivity contribution >= 4 is 23.1 Å². The van der Waals surface area contributed by atoms with E-state index in [1.165, 1.54) is 25.3 Å². The molecule has 0 spiro atoms. The van der Waals surface area contributed by atoms with Crippen LogP contribution >= 0.6 is 0 Å². The molecule has 0 bridgehead atoms. The van der Waals surface area contributed by atoms with Crippen LogP contribution in [0.4, 0.5) is 34.8 Å². The van der Waals surface area contributed by atoms with Gasteiger partial charge < -0.3 is 15.4 Å². The summed E-state index contributed by atoms with van der Waals surface area (Å²) in [6.07, 6.45) is -4.61. The van der Waals surface area contributed by atoms with Crippen LogP contribution in [0.25, 0.3) is 0 Å². The Labute approximate surface area is 175 Å². The maximum Gasteiger partial charge on any atom is 0.416 e. The normalized spacial score (nSPS) is 11.2. The van der Waals surface area contributed by atoms with Crippen LogP contribution in [-0.4, -0.2) is 23.2 Å². The summed E-state index contributed by atoms with van der Waals surface area (Å²) in [4.78, 5) is 12.8. The number of nitrogens with one attached hydrogen (secondary N) is 2. The summed E-state index contributed by atoms with van der Waals surface area (Å²) in [7, 11) is 1.42. The molecule has 10 heteroatoms. The molecule has 31 heavy (non-hydrogen) atoms. The minimum Gasteiger partial charge on any atom is -0.480 e. The largest absolute Gasteiger partial charge is 0.480 e. The number of hydrogen-bond acceptors (Lipinski definition) is 5. The molecule has 0 fully saturated rings. The molecule has 0 radical (unpaired) electrons. The smallest absolute Gasteiger partial charge is 0.416 e. The molecule has 0 aliphatic heterocycles. The third kappa shape index (κ3) is 5.08. The van der Waals surface area contributed by atoms with Crippen LogP contribution < -0.4 is 15.4 Å². The third-order valence-corrected chi connectivity index (χ3v) is 4.45. The number of carbonyl (C=O) groups excluding carboxylic acids is 1. The van der Waals surface area contributed by atoms with Gasteiger partial charge >= 0.3 is 6.18 Å². The first kappa shape index (κ1) is 22.0. The van der Waals surface area contributed by atoms with Gasteiger partial charge in [0.25, 0.3) is 5.91 Å². The van der Waals surface area contributed by atoms with Crippen LogP contribution in [0.2, 0.25) is 0 Å². The number of rotatable bonds is 5. The molecule has 2 aromatic carbocycles. The standard InChI is InChI=1S/C21H18F4N4O2/c1-11-8-14(22)5-7-16(11)26-17-10-13(21(23,24)25)4-6-15(17)20(30)27-19-12(2)9-18(31-3)28-29-19/h4-10,26H,1-3H3,(H,27,29,30). The summed E-state index contributed by atoms with van der Waals surface area (Å²) < 4.78 is 58.1. The van der Waals surface area contributed by atoms with Crippen molar-refractivity contribution in [3.05, 3.63) is 70.5 Å². The molecule has 0 saturated carbocycles. The highest BCUT2D eigenvalue weighted by molar-refractivity contribution is 6.08. The summed E-state index contributed by atoms with van der Waals surface area (Å²) in [6.45, 7) is 3.26. The zero-order chi connectivity index (χ0) is 22.8.